The molecule has 0 aliphatic heterocycles. The van der Waals surface area contributed by atoms with Gasteiger partial charge in [-0.25, -0.2) is 9.97 Å². The first kappa shape index (κ1) is 30.3. The number of rotatable bonds is 11. The number of ether oxygens (including phenoxy) is 3. The minimum Gasteiger partial charge on any atom is -0.476 e. The zero-order valence-corrected chi connectivity index (χ0v) is 24.3. The van der Waals surface area contributed by atoms with E-state index in [-0.39, 0.29) is 25.1 Å². The molecule has 8 nitrogen and oxygen atoms in total. The van der Waals surface area contributed by atoms with Gasteiger partial charge in [0.25, 0.3) is 0 Å². The maximum atomic E-state index is 13.4. The Kier molecular flexibility index (Phi) is 9.22. The molecule has 3 aromatic heterocycles. The van der Waals surface area contributed by atoms with Crippen LogP contribution in [-0.2, 0) is 27.2 Å². The first-order chi connectivity index (χ1) is 18.1. The third kappa shape index (κ3) is 8.12. The lowest BCUT2D eigenvalue weighted by Crippen LogP contribution is -2.32. The van der Waals surface area contributed by atoms with Gasteiger partial charge in [0.2, 0.25) is 5.88 Å². The van der Waals surface area contributed by atoms with Crippen molar-refractivity contribution in [1.29, 1.82) is 0 Å². The Hall–Kier alpha value is -3.25. The van der Waals surface area contributed by atoms with Gasteiger partial charge in [0, 0.05) is 50.5 Å². The topological polar surface area (TPSA) is 88.4 Å². The fourth-order valence-corrected chi connectivity index (χ4v) is 4.34. The summed E-state index contributed by atoms with van der Waals surface area (Å²) in [6.07, 6.45) is -0.440. The summed E-state index contributed by atoms with van der Waals surface area (Å²) >= 11 is 0. The van der Waals surface area contributed by atoms with Crippen LogP contribution in [0.25, 0.3) is 22.6 Å². The Bertz CT molecular complexity index is 1290. The Labute approximate surface area is 227 Å². The summed E-state index contributed by atoms with van der Waals surface area (Å²) < 4.78 is 57.7. The highest BCUT2D eigenvalue weighted by Crippen LogP contribution is 2.32. The van der Waals surface area contributed by atoms with Gasteiger partial charge >= 0.3 is 12.1 Å². The molecule has 0 saturated heterocycles. The van der Waals surface area contributed by atoms with E-state index < -0.39 is 25.4 Å². The molecule has 0 bridgehead atoms. The van der Waals surface area contributed by atoms with Crippen molar-refractivity contribution in [2.45, 2.75) is 59.4 Å². The van der Waals surface area contributed by atoms with E-state index in [9.17, 15) is 18.0 Å². The number of aryl methyl sites for hydroxylation is 1. The molecule has 0 unspecified atom stereocenters. The van der Waals surface area contributed by atoms with Gasteiger partial charge < -0.3 is 18.8 Å². The van der Waals surface area contributed by atoms with Crippen LogP contribution in [0.5, 0.6) is 5.88 Å². The van der Waals surface area contributed by atoms with Crippen molar-refractivity contribution >= 4 is 14.0 Å². The van der Waals surface area contributed by atoms with Crippen molar-refractivity contribution < 1.29 is 32.2 Å². The lowest BCUT2D eigenvalue weighted by molar-refractivity contribution is -0.152. The first-order valence-corrected chi connectivity index (χ1v) is 16.2. The van der Waals surface area contributed by atoms with E-state index >= 15 is 0 Å². The molecule has 0 aliphatic rings. The SMILES string of the molecule is COC(=O)C(C)(C)COc1cc(C)c(-c2ccc(-c3nc(C(F)(F)F)cn3COCC[Si](C)(C)C)nc2)cn1. The summed E-state index contributed by atoms with van der Waals surface area (Å²) in [5.74, 6) is 0.0467. The van der Waals surface area contributed by atoms with E-state index in [2.05, 4.69) is 34.6 Å². The number of carbonyl (C=O) groups is 1. The number of methoxy groups -OCH3 is 1. The molecule has 0 aliphatic carbocycles. The number of esters is 1. The van der Waals surface area contributed by atoms with E-state index in [0.717, 1.165) is 28.9 Å². The smallest absolute Gasteiger partial charge is 0.434 e. The molecule has 0 N–H and O–H groups in total. The molecule has 3 aromatic rings. The maximum absolute atomic E-state index is 13.4. The highest BCUT2D eigenvalue weighted by molar-refractivity contribution is 6.76. The van der Waals surface area contributed by atoms with E-state index in [0.29, 0.717) is 18.2 Å². The number of carbonyl (C=O) groups excluding carboxylic acids is 1. The molecular formula is C27H35F3N4O4Si. The Morgan fingerprint density at radius 2 is 1.82 bits per heavy atom. The molecular weight excluding hydrogens is 529 g/mol. The van der Waals surface area contributed by atoms with Crippen molar-refractivity contribution in [3.05, 3.63) is 48.0 Å². The number of hydrogen-bond donors (Lipinski definition) is 0. The van der Waals surface area contributed by atoms with Gasteiger partial charge in [-0.2, -0.15) is 13.2 Å². The summed E-state index contributed by atoms with van der Waals surface area (Å²) in [6, 6.07) is 6.03. The Morgan fingerprint density at radius 3 is 2.38 bits per heavy atom. The predicted octanol–water partition coefficient (Wildman–Crippen LogP) is 6.22. The number of alkyl halides is 3. The normalized spacial score (nSPS) is 12.5. The summed E-state index contributed by atoms with van der Waals surface area (Å²) in [7, 11) is -0.0121. The van der Waals surface area contributed by atoms with Gasteiger partial charge in [-0.05, 0) is 38.4 Å². The van der Waals surface area contributed by atoms with Crippen LogP contribution in [0.15, 0.2) is 36.8 Å². The molecule has 212 valence electrons. The first-order valence-electron chi connectivity index (χ1n) is 12.5. The summed E-state index contributed by atoms with van der Waals surface area (Å²) in [5, 5.41) is 0. The van der Waals surface area contributed by atoms with Crippen LogP contribution in [0, 0.1) is 12.3 Å². The second-order valence-corrected chi connectivity index (χ2v) is 16.8. The average Bonchev–Trinajstić information content (AvgIpc) is 3.29. The fraction of sp³-hybridized carbons (Fsp3) is 0.481. The average molecular weight is 565 g/mol. The number of hydrogen-bond acceptors (Lipinski definition) is 7. The van der Waals surface area contributed by atoms with Crippen LogP contribution in [0.3, 0.4) is 0 Å². The van der Waals surface area contributed by atoms with Crippen LogP contribution < -0.4 is 4.74 Å². The number of imidazole rings is 1. The lowest BCUT2D eigenvalue weighted by Gasteiger charge is -2.21. The summed E-state index contributed by atoms with van der Waals surface area (Å²) in [6.45, 7) is 12.4. The van der Waals surface area contributed by atoms with Crippen molar-refractivity contribution in [1.82, 2.24) is 19.5 Å². The Balaban J connectivity index is 1.79. The monoisotopic (exact) mass is 564 g/mol. The largest absolute Gasteiger partial charge is 0.476 e. The van der Waals surface area contributed by atoms with Crippen LogP contribution in [0.2, 0.25) is 25.7 Å². The van der Waals surface area contributed by atoms with E-state index in [1.54, 1.807) is 44.4 Å². The van der Waals surface area contributed by atoms with E-state index in [1.807, 2.05) is 6.92 Å². The second-order valence-electron chi connectivity index (χ2n) is 11.2. The zero-order chi connectivity index (χ0) is 29.0. The van der Waals surface area contributed by atoms with Gasteiger partial charge in [0.05, 0.1) is 12.5 Å². The number of aromatic nitrogens is 4. The maximum Gasteiger partial charge on any atom is 0.434 e. The highest BCUT2D eigenvalue weighted by Gasteiger charge is 2.35. The predicted molar refractivity (Wildman–Crippen MR) is 144 cm³/mol. The van der Waals surface area contributed by atoms with Gasteiger partial charge in [-0.1, -0.05) is 25.7 Å². The third-order valence-corrected chi connectivity index (χ3v) is 7.71. The quantitative estimate of drug-likeness (QED) is 0.155. The number of nitrogens with zero attached hydrogens (tertiary/aromatic N) is 4. The molecule has 0 amide bonds. The van der Waals surface area contributed by atoms with Gasteiger partial charge in [0.15, 0.2) is 11.5 Å². The minimum atomic E-state index is -4.59. The van der Waals surface area contributed by atoms with E-state index in [4.69, 9.17) is 14.2 Å². The molecule has 0 atom stereocenters. The fourth-order valence-electron chi connectivity index (χ4n) is 3.58. The lowest BCUT2D eigenvalue weighted by atomic mass is 9.95. The van der Waals surface area contributed by atoms with Gasteiger partial charge in [0.1, 0.15) is 19.0 Å². The molecule has 3 rings (SSSR count). The van der Waals surface area contributed by atoms with Gasteiger partial charge in [-0.3, -0.25) is 9.78 Å². The van der Waals surface area contributed by atoms with Crippen LogP contribution in [-0.4, -0.2) is 53.9 Å². The molecule has 0 spiro atoms. The van der Waals surface area contributed by atoms with Crippen molar-refractivity contribution in [2.24, 2.45) is 5.41 Å². The summed E-state index contributed by atoms with van der Waals surface area (Å²) in [5.41, 5.74) is 0.817. The molecule has 12 heteroatoms. The molecule has 0 saturated carbocycles. The van der Waals surface area contributed by atoms with Gasteiger partial charge in [-0.15, -0.1) is 0 Å². The van der Waals surface area contributed by atoms with Crippen molar-refractivity contribution in [2.75, 3.05) is 20.3 Å². The summed E-state index contributed by atoms with van der Waals surface area (Å²) in [4.78, 5) is 24.4. The molecule has 3 heterocycles. The highest BCUT2D eigenvalue weighted by atomic mass is 28.3. The number of pyridine rings is 2. The molecule has 0 aromatic carbocycles. The Morgan fingerprint density at radius 1 is 1.10 bits per heavy atom. The van der Waals surface area contributed by atoms with Crippen LogP contribution in [0.1, 0.15) is 25.1 Å². The van der Waals surface area contributed by atoms with Crippen LogP contribution in [0.4, 0.5) is 13.2 Å². The van der Waals surface area contributed by atoms with E-state index in [1.165, 1.54) is 11.7 Å². The zero-order valence-electron chi connectivity index (χ0n) is 23.3. The standard InChI is InChI=1S/C27H35F3N4O4Si/c1-18-12-23(38-16-26(2,3)25(35)36-4)32-14-20(18)19-8-9-21(31-13-19)24-33-22(27(28,29)30)15-34(24)17-37-10-11-39(5,6)7/h8-9,12-15H,10-11,16-17H2,1-7H3. The second kappa shape index (κ2) is 11.9. The van der Waals surface area contributed by atoms with Crippen LogP contribution >= 0.6 is 0 Å². The van der Waals surface area contributed by atoms with Crippen molar-refractivity contribution in [3.63, 3.8) is 0 Å². The molecule has 0 radical (unpaired) electrons. The van der Waals surface area contributed by atoms with Crippen molar-refractivity contribution in [3.8, 4) is 28.5 Å². The minimum absolute atomic E-state index is 0.0520. The number of halogens is 3. The third-order valence-electron chi connectivity index (χ3n) is 6.00. The molecule has 0 fully saturated rings. The molecule has 39 heavy (non-hydrogen) atoms.